The van der Waals surface area contributed by atoms with Crippen molar-refractivity contribution in [3.05, 3.63) is 108 Å². The smallest absolute Gasteiger partial charge is 0.338 e. The number of rotatable bonds is 10. The molecule has 0 saturated heterocycles. The summed E-state index contributed by atoms with van der Waals surface area (Å²) < 4.78 is 11.9. The number of carbonyl (C=O) groups is 2. The monoisotopic (exact) mass is 430 g/mol. The maximum absolute atomic E-state index is 12.8. The third-order valence-corrected chi connectivity index (χ3v) is 5.61. The fourth-order valence-corrected chi connectivity index (χ4v) is 3.90. The Morgan fingerprint density at radius 1 is 0.625 bits per heavy atom. The van der Waals surface area contributed by atoms with Gasteiger partial charge >= 0.3 is 11.9 Å². The zero-order valence-electron chi connectivity index (χ0n) is 18.6. The Bertz CT molecular complexity index is 909. The number of benzene rings is 3. The second kappa shape index (κ2) is 11.8. The Labute approximate surface area is 190 Å². The lowest BCUT2D eigenvalue weighted by atomic mass is 9.86. The zero-order valence-corrected chi connectivity index (χ0v) is 18.6. The molecule has 2 atom stereocenters. The molecule has 0 aliphatic rings. The SMILES string of the molecule is CCC(OC(=O)c1ccccc1)C(Cc1ccccc1)C(CC)OC(=O)c1ccccc1. The maximum atomic E-state index is 12.8. The molecule has 0 aliphatic heterocycles. The molecule has 3 rings (SSSR count). The lowest BCUT2D eigenvalue weighted by Gasteiger charge is -2.32. The van der Waals surface area contributed by atoms with E-state index in [1.54, 1.807) is 24.3 Å². The number of esters is 2. The van der Waals surface area contributed by atoms with Gasteiger partial charge in [-0.3, -0.25) is 0 Å². The minimum absolute atomic E-state index is 0.173. The Morgan fingerprint density at radius 3 is 1.38 bits per heavy atom. The molecule has 0 aromatic heterocycles. The van der Waals surface area contributed by atoms with Crippen molar-refractivity contribution >= 4 is 11.9 Å². The summed E-state index contributed by atoms with van der Waals surface area (Å²) in [5.74, 6) is -0.896. The highest BCUT2D eigenvalue weighted by atomic mass is 16.6. The summed E-state index contributed by atoms with van der Waals surface area (Å²) in [5, 5.41) is 0. The normalized spacial score (nSPS) is 13.6. The van der Waals surface area contributed by atoms with Crippen LogP contribution < -0.4 is 0 Å². The van der Waals surface area contributed by atoms with Crippen LogP contribution in [0.1, 0.15) is 53.0 Å². The molecule has 166 valence electrons. The Hall–Kier alpha value is -3.40. The van der Waals surface area contributed by atoms with Crippen LogP contribution in [0.25, 0.3) is 0 Å². The largest absolute Gasteiger partial charge is 0.458 e. The maximum Gasteiger partial charge on any atom is 0.338 e. The predicted molar refractivity (Wildman–Crippen MR) is 126 cm³/mol. The first-order chi connectivity index (χ1) is 15.6. The van der Waals surface area contributed by atoms with Gasteiger partial charge in [-0.2, -0.15) is 0 Å². The second-order valence-corrected chi connectivity index (χ2v) is 7.79. The first-order valence-corrected chi connectivity index (χ1v) is 11.2. The van der Waals surface area contributed by atoms with Gasteiger partial charge in [-0.15, -0.1) is 0 Å². The van der Waals surface area contributed by atoms with Crippen LogP contribution in [0, 0.1) is 5.92 Å². The van der Waals surface area contributed by atoms with Gasteiger partial charge < -0.3 is 9.47 Å². The third-order valence-electron chi connectivity index (χ3n) is 5.61. The van der Waals surface area contributed by atoms with E-state index < -0.39 is 12.2 Å². The van der Waals surface area contributed by atoms with Gasteiger partial charge in [0.1, 0.15) is 12.2 Å². The average Bonchev–Trinajstić information content (AvgIpc) is 2.86. The lowest BCUT2D eigenvalue weighted by Crippen LogP contribution is -2.39. The minimum atomic E-state index is -0.392. The van der Waals surface area contributed by atoms with Crippen molar-refractivity contribution in [2.75, 3.05) is 0 Å². The van der Waals surface area contributed by atoms with Crippen LogP contribution >= 0.6 is 0 Å². The van der Waals surface area contributed by atoms with Crippen molar-refractivity contribution in [2.45, 2.75) is 45.3 Å². The van der Waals surface area contributed by atoms with Crippen molar-refractivity contribution in [2.24, 2.45) is 5.92 Å². The second-order valence-electron chi connectivity index (χ2n) is 7.79. The summed E-state index contributed by atoms with van der Waals surface area (Å²) in [7, 11) is 0. The summed E-state index contributed by atoms with van der Waals surface area (Å²) in [6.07, 6.45) is 1.10. The number of carbonyl (C=O) groups excluding carboxylic acids is 2. The molecule has 32 heavy (non-hydrogen) atoms. The van der Waals surface area contributed by atoms with Crippen molar-refractivity contribution in [1.29, 1.82) is 0 Å². The van der Waals surface area contributed by atoms with E-state index in [0.717, 1.165) is 5.56 Å². The summed E-state index contributed by atoms with van der Waals surface area (Å²) >= 11 is 0. The molecule has 0 saturated carbocycles. The van der Waals surface area contributed by atoms with Crippen molar-refractivity contribution in [1.82, 2.24) is 0 Å². The molecular weight excluding hydrogens is 400 g/mol. The Morgan fingerprint density at radius 2 is 1.00 bits per heavy atom. The van der Waals surface area contributed by atoms with E-state index in [4.69, 9.17) is 9.47 Å². The molecule has 0 amide bonds. The Balaban J connectivity index is 1.84. The minimum Gasteiger partial charge on any atom is -0.458 e. The molecular formula is C28H30O4. The Kier molecular flexibility index (Phi) is 8.61. The van der Waals surface area contributed by atoms with Gasteiger partial charge in [0.2, 0.25) is 0 Å². The first-order valence-electron chi connectivity index (χ1n) is 11.2. The van der Waals surface area contributed by atoms with Gasteiger partial charge in [0.15, 0.2) is 0 Å². The van der Waals surface area contributed by atoms with Crippen LogP contribution in [0.4, 0.5) is 0 Å². The number of hydrogen-bond acceptors (Lipinski definition) is 4. The van der Waals surface area contributed by atoms with Crippen molar-refractivity contribution in [3.63, 3.8) is 0 Å². The van der Waals surface area contributed by atoms with Crippen molar-refractivity contribution in [3.8, 4) is 0 Å². The molecule has 0 spiro atoms. The molecule has 0 aliphatic carbocycles. The standard InChI is InChI=1S/C28H30O4/c1-3-25(31-27(29)22-16-10-6-11-17-22)24(20-21-14-8-5-9-15-21)26(4-2)32-28(30)23-18-12-7-13-19-23/h5-19,24-26H,3-4,20H2,1-2H3. The highest BCUT2D eigenvalue weighted by Gasteiger charge is 2.33. The number of hydrogen-bond donors (Lipinski definition) is 0. The average molecular weight is 431 g/mol. The topological polar surface area (TPSA) is 52.6 Å². The van der Waals surface area contributed by atoms with E-state index in [0.29, 0.717) is 30.4 Å². The van der Waals surface area contributed by atoms with E-state index in [1.807, 2.05) is 80.6 Å². The first kappa shape index (κ1) is 23.3. The molecule has 4 nitrogen and oxygen atoms in total. The molecule has 0 heterocycles. The van der Waals surface area contributed by atoms with E-state index in [9.17, 15) is 9.59 Å². The van der Waals surface area contributed by atoms with E-state index in [2.05, 4.69) is 0 Å². The fraction of sp³-hybridized carbons (Fsp3) is 0.286. The zero-order chi connectivity index (χ0) is 22.8. The quantitative estimate of drug-likeness (QED) is 0.364. The van der Waals surface area contributed by atoms with Crippen LogP contribution in [0.2, 0.25) is 0 Å². The van der Waals surface area contributed by atoms with E-state index in [-0.39, 0.29) is 17.9 Å². The lowest BCUT2D eigenvalue weighted by molar-refractivity contribution is -0.0351. The molecule has 2 unspecified atom stereocenters. The molecule has 3 aromatic rings. The van der Waals surface area contributed by atoms with Gasteiger partial charge in [-0.05, 0) is 49.1 Å². The molecule has 0 N–H and O–H groups in total. The van der Waals surface area contributed by atoms with Gasteiger partial charge in [0, 0.05) is 5.92 Å². The highest BCUT2D eigenvalue weighted by Crippen LogP contribution is 2.27. The van der Waals surface area contributed by atoms with Crippen LogP contribution in [-0.4, -0.2) is 24.1 Å². The van der Waals surface area contributed by atoms with Crippen LogP contribution in [0.5, 0.6) is 0 Å². The van der Waals surface area contributed by atoms with E-state index >= 15 is 0 Å². The number of ether oxygens (including phenoxy) is 2. The third kappa shape index (κ3) is 6.30. The van der Waals surface area contributed by atoms with Crippen molar-refractivity contribution < 1.29 is 19.1 Å². The van der Waals surface area contributed by atoms with Gasteiger partial charge in [-0.25, -0.2) is 9.59 Å². The van der Waals surface area contributed by atoms with Gasteiger partial charge in [0.05, 0.1) is 11.1 Å². The van der Waals surface area contributed by atoms with Crippen LogP contribution in [0.15, 0.2) is 91.0 Å². The molecule has 0 bridgehead atoms. The van der Waals surface area contributed by atoms with Gasteiger partial charge in [-0.1, -0.05) is 80.6 Å². The molecule has 4 heteroatoms. The molecule has 0 fully saturated rings. The van der Waals surface area contributed by atoms with Crippen LogP contribution in [0.3, 0.4) is 0 Å². The summed E-state index contributed by atoms with van der Waals surface area (Å²) in [6.45, 7) is 3.99. The predicted octanol–water partition coefficient (Wildman–Crippen LogP) is 6.12. The van der Waals surface area contributed by atoms with Crippen LogP contribution in [-0.2, 0) is 15.9 Å². The fourth-order valence-electron chi connectivity index (χ4n) is 3.90. The summed E-state index contributed by atoms with van der Waals surface area (Å²) in [4.78, 5) is 25.6. The summed E-state index contributed by atoms with van der Waals surface area (Å²) in [5.41, 5.74) is 2.14. The molecule has 0 radical (unpaired) electrons. The van der Waals surface area contributed by atoms with E-state index in [1.165, 1.54) is 0 Å². The van der Waals surface area contributed by atoms with Gasteiger partial charge in [0.25, 0.3) is 0 Å². The summed E-state index contributed by atoms with van der Waals surface area (Å²) in [6, 6.07) is 28.0. The highest BCUT2D eigenvalue weighted by molar-refractivity contribution is 5.90. The molecule has 3 aromatic carbocycles.